The second-order valence-electron chi connectivity index (χ2n) is 3.23. The summed E-state index contributed by atoms with van der Waals surface area (Å²) < 4.78 is 0. The maximum atomic E-state index is 2.89. The maximum absolute atomic E-state index is 2.89. The summed E-state index contributed by atoms with van der Waals surface area (Å²) in [6.07, 6.45) is 0. The molecule has 0 bridgehead atoms. The van der Waals surface area contributed by atoms with Crippen molar-refractivity contribution in [3.63, 3.8) is 0 Å². The quantitative estimate of drug-likeness (QED) is 0.307. The van der Waals surface area contributed by atoms with E-state index in [1.165, 1.54) is 0 Å². The van der Waals surface area contributed by atoms with Crippen LogP contribution in [0, 0.1) is 18.2 Å². The van der Waals surface area contributed by atoms with Gasteiger partial charge in [-0.25, -0.2) is 0 Å². The Morgan fingerprint density at radius 3 is 0.542 bits per heavy atom. The predicted molar refractivity (Wildman–Crippen MR) is 131 cm³/mol. The van der Waals surface area contributed by atoms with Crippen LogP contribution in [-0.2, 0) is 0 Å². The van der Waals surface area contributed by atoms with Crippen molar-refractivity contribution < 1.29 is 4.28 Å². The monoisotopic (exact) mass is 699 g/mol. The summed E-state index contributed by atoms with van der Waals surface area (Å²) in [5.41, 5.74) is 0. The minimum absolute atomic E-state index is 0. The minimum atomic E-state index is 0. The number of hydrogen-bond donors (Lipinski definition) is 0. The fourth-order valence-electron chi connectivity index (χ4n) is 1.03. The van der Waals surface area contributed by atoms with E-state index >= 15 is 0 Å². The van der Waals surface area contributed by atoms with Gasteiger partial charge in [-0.2, -0.15) is 40.5 Å². The summed E-state index contributed by atoms with van der Waals surface area (Å²) in [6.45, 7) is 0. The average molecular weight is 696 g/mol. The predicted octanol–water partition coefficient (Wildman–Crippen LogP) is 4.39. The summed E-state index contributed by atoms with van der Waals surface area (Å²) in [4.78, 5) is 0. The third kappa shape index (κ3) is 30.9. The molecule has 129 valence electrons. The van der Waals surface area contributed by atoms with E-state index in [-0.39, 0.29) is 116 Å². The fourth-order valence-corrected chi connectivity index (χ4v) is 1.03. The van der Waals surface area contributed by atoms with Crippen molar-refractivity contribution in [2.45, 2.75) is 0 Å². The zero-order valence-corrected chi connectivity index (χ0v) is 24.7. The van der Waals surface area contributed by atoms with Gasteiger partial charge in [0.15, 0.2) is 0 Å². The summed E-state index contributed by atoms with van der Waals surface area (Å²) in [6, 6.07) is 37.5. The molecule has 3 aromatic carbocycles. The second kappa shape index (κ2) is 35.3. The molecule has 0 fully saturated rings. The molecule has 0 saturated carbocycles. The number of rotatable bonds is 0. The van der Waals surface area contributed by atoms with E-state index in [0.717, 1.165) is 0 Å². The van der Waals surface area contributed by atoms with Gasteiger partial charge in [0, 0.05) is 76.0 Å². The van der Waals surface area contributed by atoms with Crippen LogP contribution in [0.4, 0.5) is 0 Å². The van der Waals surface area contributed by atoms with E-state index in [9.17, 15) is 0 Å². The van der Waals surface area contributed by atoms with Crippen LogP contribution < -0.4 is 0 Å². The van der Waals surface area contributed by atoms with Gasteiger partial charge >= 0.3 is 0 Å². The fraction of sp³-hybridized carbons (Fsp3) is 0. The molecule has 0 N–H and O–H groups in total. The Balaban J connectivity index is -0.0000000220. The Hall–Kier alpha value is 1.11. The van der Waals surface area contributed by atoms with Crippen LogP contribution in [-0.4, -0.2) is 71.7 Å². The van der Waals surface area contributed by atoms with Gasteiger partial charge in [-0.15, -0.1) is 0 Å². The van der Waals surface area contributed by atoms with Gasteiger partial charge in [-0.05, 0) is 18.2 Å². The van der Waals surface area contributed by atoms with Gasteiger partial charge in [0.05, 0.1) is 0 Å². The van der Waals surface area contributed by atoms with Crippen molar-refractivity contribution in [2.24, 2.45) is 0 Å². The van der Waals surface area contributed by atoms with E-state index in [1.807, 2.05) is 91.0 Å². The summed E-state index contributed by atoms with van der Waals surface area (Å²) in [5, 5.41) is 0. The van der Waals surface area contributed by atoms with E-state index in [2.05, 4.69) is 18.2 Å². The molecule has 0 aliphatic carbocycles. The van der Waals surface area contributed by atoms with Crippen molar-refractivity contribution in [1.29, 1.82) is 0 Å². The zero-order chi connectivity index (χ0) is 12.7. The molecule has 15 radical (unpaired) electrons. The first-order valence-electron chi connectivity index (χ1n) is 5.73. The topological polar surface area (TPSA) is 0 Å². The molecule has 3 rings (SSSR count). The number of benzene rings is 3. The van der Waals surface area contributed by atoms with Crippen LogP contribution in [0.25, 0.3) is 0 Å². The van der Waals surface area contributed by atoms with E-state index in [4.69, 9.17) is 0 Å². The molecule has 0 atom stereocenters. The second-order valence-corrected chi connectivity index (χ2v) is 3.23. The molecule has 0 spiro atoms. The standard InChI is InChI=1S/3C6H5.3H2S.3Sn.3H2/c3*1-2-4-6-5-3-1;;;;;;;;;/h3*1-5H;3*1H2;;;;3*1H. The van der Waals surface area contributed by atoms with Crippen molar-refractivity contribution in [3.05, 3.63) is 109 Å². The Kier molecular flexibility index (Phi) is 58.7. The smallest absolute Gasteiger partial charge is 0 e. The van der Waals surface area contributed by atoms with Gasteiger partial charge in [-0.1, -0.05) is 91.0 Å². The third-order valence-corrected chi connectivity index (χ3v) is 1.82. The van der Waals surface area contributed by atoms with Gasteiger partial charge in [-0.3, -0.25) is 0 Å². The van der Waals surface area contributed by atoms with Crippen LogP contribution in [0.5, 0.6) is 0 Å². The largest absolute Gasteiger partial charge is 0.197 e. The normalized spacial score (nSPS) is 6.00. The van der Waals surface area contributed by atoms with Crippen LogP contribution >= 0.6 is 40.5 Å². The van der Waals surface area contributed by atoms with Crippen LogP contribution in [0.1, 0.15) is 4.28 Å². The Morgan fingerprint density at radius 1 is 0.333 bits per heavy atom. The summed E-state index contributed by atoms with van der Waals surface area (Å²) >= 11 is 0. The molecular formula is C18H27S3Sn3. The molecule has 0 saturated heterocycles. The molecule has 0 heterocycles. The third-order valence-electron chi connectivity index (χ3n) is 1.82. The first-order valence-corrected chi connectivity index (χ1v) is 5.73. The van der Waals surface area contributed by atoms with E-state index in [1.54, 1.807) is 0 Å². The molecule has 0 nitrogen and oxygen atoms in total. The van der Waals surface area contributed by atoms with Gasteiger partial charge in [0.25, 0.3) is 0 Å². The van der Waals surface area contributed by atoms with Gasteiger partial charge < -0.3 is 0 Å². The number of hydrogen-bond acceptors (Lipinski definition) is 0. The minimum Gasteiger partial charge on any atom is -0.197 e. The van der Waals surface area contributed by atoms with Crippen LogP contribution in [0.15, 0.2) is 91.0 Å². The summed E-state index contributed by atoms with van der Waals surface area (Å²) in [5.74, 6) is 0. The molecule has 6 heteroatoms. The summed E-state index contributed by atoms with van der Waals surface area (Å²) in [7, 11) is 0. The van der Waals surface area contributed by atoms with Crippen molar-refractivity contribution >= 4 is 112 Å². The molecule has 0 unspecified atom stereocenters. The maximum Gasteiger partial charge on any atom is 0 e. The van der Waals surface area contributed by atoms with Crippen LogP contribution in [0.2, 0.25) is 0 Å². The zero-order valence-electron chi connectivity index (χ0n) is 13.2. The van der Waals surface area contributed by atoms with Crippen LogP contribution in [0.3, 0.4) is 0 Å². The van der Waals surface area contributed by atoms with Crippen molar-refractivity contribution in [1.82, 2.24) is 0 Å². The van der Waals surface area contributed by atoms with Crippen molar-refractivity contribution in [3.8, 4) is 0 Å². The van der Waals surface area contributed by atoms with Gasteiger partial charge in [0.2, 0.25) is 0 Å². The molecule has 24 heavy (non-hydrogen) atoms. The first kappa shape index (κ1) is 40.0. The molecule has 0 aliphatic heterocycles. The Labute approximate surface area is 223 Å². The molecule has 0 aliphatic rings. The Bertz CT molecular complexity index is 330. The average Bonchev–Trinajstić information content (AvgIpc) is 2.54. The van der Waals surface area contributed by atoms with E-state index in [0.29, 0.717) is 0 Å². The molecule has 3 aromatic rings. The Morgan fingerprint density at radius 2 is 0.500 bits per heavy atom. The molecular weight excluding hydrogens is 669 g/mol. The van der Waals surface area contributed by atoms with E-state index < -0.39 is 0 Å². The van der Waals surface area contributed by atoms with Gasteiger partial charge in [0.1, 0.15) is 0 Å². The van der Waals surface area contributed by atoms with Crippen molar-refractivity contribution in [2.75, 3.05) is 0 Å². The SMILES string of the molecule is S.S.S.[HH].[HH].[HH].[Sn].[Sn].[Sn].[c]1ccccc1.[c]1ccccc1.[c]1ccccc1. The molecule has 0 amide bonds. The first-order chi connectivity index (χ1) is 9.00. The molecule has 0 aromatic heterocycles.